The molecule has 0 aliphatic carbocycles. The van der Waals surface area contributed by atoms with Crippen molar-refractivity contribution in [2.24, 2.45) is 0 Å². The second kappa shape index (κ2) is 8.17. The highest BCUT2D eigenvalue weighted by Gasteiger charge is 2.16. The van der Waals surface area contributed by atoms with Gasteiger partial charge in [-0.25, -0.2) is 0 Å². The number of carbonyl (C=O) groups is 1. The number of benzene rings is 2. The molecule has 0 spiro atoms. The first kappa shape index (κ1) is 17.5. The number of amides is 1. The monoisotopic (exact) mass is 338 g/mol. The SMILES string of the molecule is COc1cccc(C(=O)Nc2ccccc2CN2CCCCC2)c1C. The van der Waals surface area contributed by atoms with Gasteiger partial charge in [-0.05, 0) is 56.6 Å². The number of nitrogens with zero attached hydrogens (tertiary/aromatic N) is 1. The van der Waals surface area contributed by atoms with E-state index in [4.69, 9.17) is 4.74 Å². The van der Waals surface area contributed by atoms with Crippen molar-refractivity contribution < 1.29 is 9.53 Å². The lowest BCUT2D eigenvalue weighted by molar-refractivity contribution is 0.102. The number of methoxy groups -OCH3 is 1. The molecule has 1 aliphatic rings. The summed E-state index contributed by atoms with van der Waals surface area (Å²) in [5, 5.41) is 3.09. The standard InChI is InChI=1S/C21H26N2O2/c1-16-18(10-8-12-20(16)25-2)21(24)22-19-11-5-4-9-17(19)15-23-13-6-3-7-14-23/h4-5,8-12H,3,6-7,13-15H2,1-2H3,(H,22,24). The molecule has 132 valence electrons. The van der Waals surface area contributed by atoms with Crippen LogP contribution in [0.15, 0.2) is 42.5 Å². The Kier molecular flexibility index (Phi) is 5.71. The zero-order chi connectivity index (χ0) is 17.6. The molecule has 0 saturated carbocycles. The van der Waals surface area contributed by atoms with Crippen LogP contribution in [-0.4, -0.2) is 31.0 Å². The molecule has 4 nitrogen and oxygen atoms in total. The van der Waals surface area contributed by atoms with Crippen molar-refractivity contribution in [3.63, 3.8) is 0 Å². The zero-order valence-electron chi connectivity index (χ0n) is 15.0. The molecule has 0 aromatic heterocycles. The van der Waals surface area contributed by atoms with Crippen LogP contribution in [-0.2, 0) is 6.54 Å². The maximum absolute atomic E-state index is 12.8. The Bertz CT molecular complexity index is 736. The van der Waals surface area contributed by atoms with Crippen molar-refractivity contribution in [3.05, 3.63) is 59.2 Å². The van der Waals surface area contributed by atoms with Crippen LogP contribution in [0.5, 0.6) is 5.75 Å². The van der Waals surface area contributed by atoms with Gasteiger partial charge in [-0.2, -0.15) is 0 Å². The van der Waals surface area contributed by atoms with Gasteiger partial charge in [0.2, 0.25) is 0 Å². The first-order chi connectivity index (χ1) is 12.2. The van der Waals surface area contributed by atoms with Gasteiger partial charge in [-0.3, -0.25) is 9.69 Å². The van der Waals surface area contributed by atoms with E-state index >= 15 is 0 Å². The minimum atomic E-state index is -0.0949. The fourth-order valence-corrected chi connectivity index (χ4v) is 3.41. The van der Waals surface area contributed by atoms with E-state index in [-0.39, 0.29) is 5.91 Å². The van der Waals surface area contributed by atoms with Crippen molar-refractivity contribution in [2.45, 2.75) is 32.7 Å². The fraction of sp³-hybridized carbons (Fsp3) is 0.381. The van der Waals surface area contributed by atoms with E-state index in [2.05, 4.69) is 16.3 Å². The van der Waals surface area contributed by atoms with Gasteiger partial charge in [0.05, 0.1) is 7.11 Å². The lowest BCUT2D eigenvalue weighted by Crippen LogP contribution is -2.29. The Morgan fingerprint density at radius 1 is 1.08 bits per heavy atom. The van der Waals surface area contributed by atoms with E-state index in [1.165, 1.54) is 24.8 Å². The summed E-state index contributed by atoms with van der Waals surface area (Å²) in [5.41, 5.74) is 3.56. The van der Waals surface area contributed by atoms with Crippen molar-refractivity contribution in [1.29, 1.82) is 0 Å². The van der Waals surface area contributed by atoms with Crippen LogP contribution in [0.3, 0.4) is 0 Å². The smallest absolute Gasteiger partial charge is 0.256 e. The third kappa shape index (κ3) is 4.20. The van der Waals surface area contributed by atoms with Crippen LogP contribution in [0.25, 0.3) is 0 Å². The Balaban J connectivity index is 1.77. The maximum Gasteiger partial charge on any atom is 0.256 e. The maximum atomic E-state index is 12.8. The molecule has 0 bridgehead atoms. The summed E-state index contributed by atoms with van der Waals surface area (Å²) >= 11 is 0. The van der Waals surface area contributed by atoms with Gasteiger partial charge in [-0.15, -0.1) is 0 Å². The molecule has 0 radical (unpaired) electrons. The number of carbonyl (C=O) groups excluding carboxylic acids is 1. The predicted molar refractivity (Wildman–Crippen MR) is 101 cm³/mol. The Labute approximate surface area is 149 Å². The summed E-state index contributed by atoms with van der Waals surface area (Å²) in [6.45, 7) is 5.06. The second-order valence-electron chi connectivity index (χ2n) is 6.58. The number of ether oxygens (including phenoxy) is 1. The number of piperidine rings is 1. The molecular formula is C21H26N2O2. The molecule has 3 rings (SSSR count). The van der Waals surface area contributed by atoms with Crippen LogP contribution in [0.1, 0.15) is 40.7 Å². The predicted octanol–water partition coefficient (Wildman–Crippen LogP) is 4.24. The summed E-state index contributed by atoms with van der Waals surface area (Å²) in [7, 11) is 1.62. The van der Waals surface area contributed by atoms with Crippen molar-refractivity contribution >= 4 is 11.6 Å². The third-order valence-corrected chi connectivity index (χ3v) is 4.86. The molecule has 0 atom stereocenters. The van der Waals surface area contributed by atoms with E-state index in [9.17, 15) is 4.79 Å². The third-order valence-electron chi connectivity index (χ3n) is 4.86. The number of nitrogens with one attached hydrogen (secondary N) is 1. The van der Waals surface area contributed by atoms with Gasteiger partial charge >= 0.3 is 0 Å². The molecule has 4 heteroatoms. The van der Waals surface area contributed by atoms with E-state index in [1.54, 1.807) is 7.11 Å². The van der Waals surface area contributed by atoms with E-state index in [0.29, 0.717) is 5.56 Å². The normalized spacial score (nSPS) is 15.0. The molecule has 1 amide bonds. The molecule has 1 fully saturated rings. The minimum Gasteiger partial charge on any atom is -0.496 e. The number of likely N-dealkylation sites (tertiary alicyclic amines) is 1. The summed E-state index contributed by atoms with van der Waals surface area (Å²) in [4.78, 5) is 15.2. The van der Waals surface area contributed by atoms with Crippen LogP contribution in [0.2, 0.25) is 0 Å². The van der Waals surface area contributed by atoms with Gasteiger partial charge in [0.25, 0.3) is 5.91 Å². The lowest BCUT2D eigenvalue weighted by Gasteiger charge is -2.27. The molecule has 2 aromatic rings. The molecule has 1 aliphatic heterocycles. The van der Waals surface area contributed by atoms with Gasteiger partial charge in [0.1, 0.15) is 5.75 Å². The molecule has 25 heavy (non-hydrogen) atoms. The second-order valence-corrected chi connectivity index (χ2v) is 6.58. The summed E-state index contributed by atoms with van der Waals surface area (Å²) in [6, 6.07) is 13.6. The zero-order valence-corrected chi connectivity index (χ0v) is 15.0. The highest BCUT2D eigenvalue weighted by Crippen LogP contribution is 2.24. The molecule has 0 unspecified atom stereocenters. The largest absolute Gasteiger partial charge is 0.496 e. The first-order valence-corrected chi connectivity index (χ1v) is 8.94. The Hall–Kier alpha value is -2.33. The number of para-hydroxylation sites is 1. The summed E-state index contributed by atoms with van der Waals surface area (Å²) < 4.78 is 5.32. The first-order valence-electron chi connectivity index (χ1n) is 8.94. The highest BCUT2D eigenvalue weighted by atomic mass is 16.5. The lowest BCUT2D eigenvalue weighted by atomic mass is 10.1. The van der Waals surface area contributed by atoms with Gasteiger partial charge < -0.3 is 10.1 Å². The molecular weight excluding hydrogens is 312 g/mol. The van der Waals surface area contributed by atoms with Gasteiger partial charge in [-0.1, -0.05) is 30.7 Å². The van der Waals surface area contributed by atoms with Gasteiger partial charge in [0, 0.05) is 23.4 Å². The van der Waals surface area contributed by atoms with E-state index in [0.717, 1.165) is 36.6 Å². The molecule has 1 saturated heterocycles. The van der Waals surface area contributed by atoms with Gasteiger partial charge in [0.15, 0.2) is 0 Å². The van der Waals surface area contributed by atoms with E-state index < -0.39 is 0 Å². The van der Waals surface area contributed by atoms with E-state index in [1.807, 2.05) is 43.3 Å². The topological polar surface area (TPSA) is 41.6 Å². The van der Waals surface area contributed by atoms with Crippen molar-refractivity contribution in [3.8, 4) is 5.75 Å². The summed E-state index contributed by atoms with van der Waals surface area (Å²) in [6.07, 6.45) is 3.85. The number of hydrogen-bond acceptors (Lipinski definition) is 3. The average molecular weight is 338 g/mol. The Morgan fingerprint density at radius 2 is 1.84 bits per heavy atom. The summed E-state index contributed by atoms with van der Waals surface area (Å²) in [5.74, 6) is 0.636. The number of hydrogen-bond donors (Lipinski definition) is 1. The van der Waals surface area contributed by atoms with Crippen molar-refractivity contribution in [2.75, 3.05) is 25.5 Å². The number of anilines is 1. The molecule has 1 heterocycles. The molecule has 2 aromatic carbocycles. The van der Waals surface area contributed by atoms with Crippen LogP contribution in [0, 0.1) is 6.92 Å². The van der Waals surface area contributed by atoms with Crippen LogP contribution in [0.4, 0.5) is 5.69 Å². The minimum absolute atomic E-state index is 0.0949. The van der Waals surface area contributed by atoms with Crippen LogP contribution >= 0.6 is 0 Å². The van der Waals surface area contributed by atoms with Crippen molar-refractivity contribution in [1.82, 2.24) is 4.90 Å². The Morgan fingerprint density at radius 3 is 2.60 bits per heavy atom. The molecule has 1 N–H and O–H groups in total. The van der Waals surface area contributed by atoms with Crippen LogP contribution < -0.4 is 10.1 Å². The highest BCUT2D eigenvalue weighted by molar-refractivity contribution is 6.06. The quantitative estimate of drug-likeness (QED) is 0.886. The fourth-order valence-electron chi connectivity index (χ4n) is 3.41. The number of rotatable bonds is 5. The average Bonchev–Trinajstić information content (AvgIpc) is 2.64.